The van der Waals surface area contributed by atoms with E-state index in [-0.39, 0.29) is 23.8 Å². The van der Waals surface area contributed by atoms with Gasteiger partial charge < -0.3 is 10.8 Å². The molecule has 0 aliphatic rings. The highest BCUT2D eigenvalue weighted by Crippen LogP contribution is 2.16. The first-order valence-electron chi connectivity index (χ1n) is 5.08. The monoisotopic (exact) mass is 221 g/mol. The first-order chi connectivity index (χ1) is 7.47. The second-order valence-electron chi connectivity index (χ2n) is 3.90. The van der Waals surface area contributed by atoms with E-state index in [1.165, 1.54) is 12.1 Å². The van der Waals surface area contributed by atoms with Crippen molar-refractivity contribution in [2.75, 3.05) is 0 Å². The van der Waals surface area contributed by atoms with Crippen LogP contribution in [0.25, 0.3) is 0 Å². The summed E-state index contributed by atoms with van der Waals surface area (Å²) in [7, 11) is 0. The minimum Gasteiger partial charge on any atom is -0.478 e. The van der Waals surface area contributed by atoms with Crippen LogP contribution in [0.4, 0.5) is 0 Å². The van der Waals surface area contributed by atoms with Gasteiger partial charge in [0.05, 0.1) is 5.56 Å². The fourth-order valence-corrected chi connectivity index (χ4v) is 1.43. The van der Waals surface area contributed by atoms with Crippen molar-refractivity contribution >= 4 is 11.8 Å². The normalized spacial score (nSPS) is 10.5. The van der Waals surface area contributed by atoms with Gasteiger partial charge in [-0.3, -0.25) is 4.79 Å². The summed E-state index contributed by atoms with van der Waals surface area (Å²) in [5, 5.41) is 8.85. The fraction of sp³-hybridized carbons (Fsp3) is 0.333. The number of rotatable bonds is 4. The van der Waals surface area contributed by atoms with Gasteiger partial charge in [0.2, 0.25) is 0 Å². The Morgan fingerprint density at radius 3 is 2.44 bits per heavy atom. The standard InChI is InChI=1S/C12H15NO3/c1-7(2)11(14)10-5-8(12(15)16)3-4-9(10)6-13/h3-5,7H,6,13H2,1-2H3,(H,15,16). The van der Waals surface area contributed by atoms with Gasteiger partial charge in [-0.2, -0.15) is 0 Å². The molecule has 0 radical (unpaired) electrons. The molecule has 4 nitrogen and oxygen atoms in total. The molecule has 0 fully saturated rings. The Labute approximate surface area is 94.1 Å². The molecule has 0 aliphatic carbocycles. The van der Waals surface area contributed by atoms with E-state index < -0.39 is 5.97 Å². The van der Waals surface area contributed by atoms with Crippen molar-refractivity contribution in [1.29, 1.82) is 0 Å². The molecule has 16 heavy (non-hydrogen) atoms. The Bertz CT molecular complexity index is 424. The first kappa shape index (κ1) is 12.4. The summed E-state index contributed by atoms with van der Waals surface area (Å²) in [6, 6.07) is 4.45. The van der Waals surface area contributed by atoms with Crippen molar-refractivity contribution in [1.82, 2.24) is 0 Å². The molecule has 0 unspecified atom stereocenters. The second-order valence-corrected chi connectivity index (χ2v) is 3.90. The van der Waals surface area contributed by atoms with Crippen LogP contribution < -0.4 is 5.73 Å². The van der Waals surface area contributed by atoms with Gasteiger partial charge in [0.25, 0.3) is 0 Å². The number of carbonyl (C=O) groups excluding carboxylic acids is 1. The molecule has 0 spiro atoms. The zero-order valence-electron chi connectivity index (χ0n) is 9.36. The van der Waals surface area contributed by atoms with E-state index in [0.29, 0.717) is 11.1 Å². The lowest BCUT2D eigenvalue weighted by atomic mass is 9.94. The van der Waals surface area contributed by atoms with Crippen LogP contribution in [0.3, 0.4) is 0 Å². The maximum Gasteiger partial charge on any atom is 0.335 e. The topological polar surface area (TPSA) is 80.4 Å². The maximum atomic E-state index is 11.9. The van der Waals surface area contributed by atoms with E-state index in [1.807, 2.05) is 0 Å². The lowest BCUT2D eigenvalue weighted by Gasteiger charge is -2.10. The molecule has 86 valence electrons. The molecule has 0 aromatic heterocycles. The second kappa shape index (κ2) is 4.90. The summed E-state index contributed by atoms with van der Waals surface area (Å²) < 4.78 is 0. The Morgan fingerprint density at radius 1 is 1.38 bits per heavy atom. The number of aromatic carboxylic acids is 1. The summed E-state index contributed by atoms with van der Waals surface area (Å²) in [6.07, 6.45) is 0. The van der Waals surface area contributed by atoms with E-state index in [0.717, 1.165) is 0 Å². The Kier molecular flexibility index (Phi) is 3.79. The van der Waals surface area contributed by atoms with Crippen molar-refractivity contribution < 1.29 is 14.7 Å². The van der Waals surface area contributed by atoms with Crippen LogP contribution in [-0.2, 0) is 6.54 Å². The van der Waals surface area contributed by atoms with Crippen LogP contribution in [0, 0.1) is 5.92 Å². The van der Waals surface area contributed by atoms with Crippen LogP contribution in [-0.4, -0.2) is 16.9 Å². The van der Waals surface area contributed by atoms with Crippen LogP contribution in [0.2, 0.25) is 0 Å². The van der Waals surface area contributed by atoms with Gasteiger partial charge in [-0.05, 0) is 17.7 Å². The molecule has 0 heterocycles. The van der Waals surface area contributed by atoms with Gasteiger partial charge >= 0.3 is 5.97 Å². The third kappa shape index (κ3) is 2.46. The van der Waals surface area contributed by atoms with Crippen molar-refractivity contribution in [2.24, 2.45) is 11.7 Å². The molecule has 1 aromatic rings. The molecular weight excluding hydrogens is 206 g/mol. The summed E-state index contributed by atoms with van der Waals surface area (Å²) >= 11 is 0. The predicted octanol–water partition coefficient (Wildman–Crippen LogP) is 1.68. The maximum absolute atomic E-state index is 11.9. The molecule has 0 bridgehead atoms. The average Bonchev–Trinajstić information content (AvgIpc) is 2.26. The highest BCUT2D eigenvalue weighted by molar-refractivity contribution is 6.01. The Morgan fingerprint density at radius 2 is 2.00 bits per heavy atom. The molecular formula is C12H15NO3. The third-order valence-corrected chi connectivity index (χ3v) is 2.37. The quantitative estimate of drug-likeness (QED) is 0.758. The number of hydrogen-bond donors (Lipinski definition) is 2. The molecule has 0 atom stereocenters. The summed E-state index contributed by atoms with van der Waals surface area (Å²) in [5.41, 5.74) is 6.73. The number of hydrogen-bond acceptors (Lipinski definition) is 3. The highest BCUT2D eigenvalue weighted by atomic mass is 16.4. The van der Waals surface area contributed by atoms with Crippen LogP contribution in [0.1, 0.15) is 40.1 Å². The van der Waals surface area contributed by atoms with Gasteiger partial charge in [0.1, 0.15) is 0 Å². The summed E-state index contributed by atoms with van der Waals surface area (Å²) in [4.78, 5) is 22.7. The number of benzene rings is 1. The number of carboxylic acid groups (broad SMARTS) is 1. The predicted molar refractivity (Wildman–Crippen MR) is 60.5 cm³/mol. The van der Waals surface area contributed by atoms with Gasteiger partial charge in [0, 0.05) is 18.0 Å². The van der Waals surface area contributed by atoms with Crippen molar-refractivity contribution in [3.63, 3.8) is 0 Å². The Hall–Kier alpha value is -1.68. The molecule has 3 N–H and O–H groups in total. The van der Waals surface area contributed by atoms with Gasteiger partial charge in [-0.15, -0.1) is 0 Å². The minimum atomic E-state index is -1.04. The molecule has 0 amide bonds. The number of carboxylic acids is 1. The molecule has 1 rings (SSSR count). The lowest BCUT2D eigenvalue weighted by molar-refractivity contribution is 0.0697. The van der Waals surface area contributed by atoms with Gasteiger partial charge in [0.15, 0.2) is 5.78 Å². The molecule has 4 heteroatoms. The lowest BCUT2D eigenvalue weighted by Crippen LogP contribution is -2.14. The molecule has 1 aromatic carbocycles. The first-order valence-corrected chi connectivity index (χ1v) is 5.08. The zero-order valence-corrected chi connectivity index (χ0v) is 9.36. The zero-order chi connectivity index (χ0) is 12.3. The van der Waals surface area contributed by atoms with E-state index in [1.54, 1.807) is 19.9 Å². The van der Waals surface area contributed by atoms with Gasteiger partial charge in [-0.25, -0.2) is 4.79 Å². The Balaban J connectivity index is 3.27. The third-order valence-electron chi connectivity index (χ3n) is 2.37. The number of carbonyl (C=O) groups is 2. The minimum absolute atomic E-state index is 0.0800. The summed E-state index contributed by atoms with van der Waals surface area (Å²) in [5.74, 6) is -1.29. The highest BCUT2D eigenvalue weighted by Gasteiger charge is 2.16. The van der Waals surface area contributed by atoms with Crippen LogP contribution in [0.5, 0.6) is 0 Å². The number of Topliss-reactive ketones (excluding diaryl/α,β-unsaturated/α-hetero) is 1. The van der Waals surface area contributed by atoms with E-state index in [9.17, 15) is 9.59 Å². The fourth-order valence-electron chi connectivity index (χ4n) is 1.43. The number of nitrogens with two attached hydrogens (primary N) is 1. The summed E-state index contributed by atoms with van der Waals surface area (Å²) in [6.45, 7) is 3.78. The molecule has 0 saturated carbocycles. The van der Waals surface area contributed by atoms with Gasteiger partial charge in [-0.1, -0.05) is 19.9 Å². The van der Waals surface area contributed by atoms with Crippen molar-refractivity contribution in [3.8, 4) is 0 Å². The van der Waals surface area contributed by atoms with E-state index >= 15 is 0 Å². The molecule has 0 saturated heterocycles. The average molecular weight is 221 g/mol. The van der Waals surface area contributed by atoms with E-state index in [2.05, 4.69) is 0 Å². The number of ketones is 1. The smallest absolute Gasteiger partial charge is 0.335 e. The van der Waals surface area contributed by atoms with Crippen LogP contribution in [0.15, 0.2) is 18.2 Å². The largest absolute Gasteiger partial charge is 0.478 e. The van der Waals surface area contributed by atoms with Crippen LogP contribution >= 0.6 is 0 Å². The van der Waals surface area contributed by atoms with E-state index in [4.69, 9.17) is 10.8 Å². The SMILES string of the molecule is CC(C)C(=O)c1cc(C(=O)O)ccc1CN. The van der Waals surface area contributed by atoms with Crippen molar-refractivity contribution in [2.45, 2.75) is 20.4 Å². The van der Waals surface area contributed by atoms with Crippen molar-refractivity contribution in [3.05, 3.63) is 34.9 Å². The molecule has 0 aliphatic heterocycles.